The minimum absolute atomic E-state index is 0.137. The van der Waals surface area contributed by atoms with Crippen LogP contribution in [0.1, 0.15) is 5.56 Å². The lowest BCUT2D eigenvalue weighted by atomic mass is 10.1. The molecular weight excluding hydrogens is 220 g/mol. The molecule has 0 atom stereocenters. The number of para-hydroxylation sites is 1. The van der Waals surface area contributed by atoms with E-state index in [1.54, 1.807) is 6.07 Å². The molecule has 0 radical (unpaired) electrons. The maximum Gasteiger partial charge on any atom is 0.354 e. The van der Waals surface area contributed by atoms with Crippen LogP contribution in [0.3, 0.4) is 0 Å². The largest absolute Gasteiger partial charge is 0.473 e. The summed E-state index contributed by atoms with van der Waals surface area (Å²) in [6.07, 6.45) is 0. The van der Waals surface area contributed by atoms with Gasteiger partial charge in [0.25, 0.3) is 0 Å². The number of methoxy groups -OCH3 is 1. The maximum absolute atomic E-state index is 11.3. The summed E-state index contributed by atoms with van der Waals surface area (Å²) in [5, 5.41) is 11.8. The maximum atomic E-state index is 11.3. The number of rotatable bonds is 1. The minimum Gasteiger partial charge on any atom is -0.473 e. The number of benzene rings is 1. The van der Waals surface area contributed by atoms with Gasteiger partial charge in [0, 0.05) is 11.3 Å². The van der Waals surface area contributed by atoms with E-state index < -0.39 is 5.97 Å². The molecule has 5 nitrogen and oxygen atoms in total. The van der Waals surface area contributed by atoms with E-state index in [9.17, 15) is 4.79 Å². The molecule has 0 fully saturated rings. The topological polar surface area (TPSA) is 71.4 Å². The van der Waals surface area contributed by atoms with Crippen molar-refractivity contribution >= 4 is 11.7 Å². The van der Waals surface area contributed by atoms with E-state index in [1.807, 2.05) is 24.3 Å². The first kappa shape index (κ1) is 11.0. The van der Waals surface area contributed by atoms with E-state index in [2.05, 4.69) is 10.1 Å². The molecule has 1 N–H and O–H groups in total. The predicted molar refractivity (Wildman–Crippen MR) is 59.5 cm³/mol. The number of carbonyl (C=O) groups excluding carboxylic acids is 1. The van der Waals surface area contributed by atoms with Gasteiger partial charge in [0.1, 0.15) is 12.7 Å². The van der Waals surface area contributed by atoms with Crippen LogP contribution in [0.5, 0.6) is 0 Å². The predicted octanol–water partition coefficient (Wildman–Crippen LogP) is 1.54. The van der Waals surface area contributed by atoms with E-state index in [-0.39, 0.29) is 11.5 Å². The zero-order valence-electron chi connectivity index (χ0n) is 9.19. The van der Waals surface area contributed by atoms with Gasteiger partial charge in [-0.1, -0.05) is 18.2 Å². The van der Waals surface area contributed by atoms with Gasteiger partial charge in [-0.25, -0.2) is 4.79 Å². The Bertz CT molecular complexity index is 529. The number of esters is 1. The fourth-order valence-electron chi connectivity index (χ4n) is 1.50. The van der Waals surface area contributed by atoms with Gasteiger partial charge in [-0.15, -0.1) is 0 Å². The molecule has 17 heavy (non-hydrogen) atoms. The van der Waals surface area contributed by atoms with Crippen LogP contribution >= 0.6 is 0 Å². The van der Waals surface area contributed by atoms with Crippen molar-refractivity contribution in [1.29, 1.82) is 5.26 Å². The Labute approximate surface area is 98.3 Å². The van der Waals surface area contributed by atoms with Crippen molar-refractivity contribution in [3.8, 4) is 6.07 Å². The van der Waals surface area contributed by atoms with Gasteiger partial charge in [0.05, 0.1) is 7.11 Å². The fraction of sp³-hybridized carbons (Fsp3) is 0.167. The summed E-state index contributed by atoms with van der Waals surface area (Å²) in [6.45, 7) is 0.320. The molecule has 0 unspecified atom stereocenters. The molecule has 0 saturated carbocycles. The lowest BCUT2D eigenvalue weighted by Gasteiger charge is -2.21. The van der Waals surface area contributed by atoms with Crippen molar-refractivity contribution < 1.29 is 14.3 Å². The van der Waals surface area contributed by atoms with Crippen LogP contribution in [-0.4, -0.2) is 13.1 Å². The molecule has 1 aromatic rings. The summed E-state index contributed by atoms with van der Waals surface area (Å²) in [4.78, 5) is 11.3. The molecule has 5 heteroatoms. The van der Waals surface area contributed by atoms with Crippen molar-refractivity contribution in [2.45, 2.75) is 6.61 Å². The van der Waals surface area contributed by atoms with Gasteiger partial charge in [0.2, 0.25) is 5.88 Å². The summed E-state index contributed by atoms with van der Waals surface area (Å²) in [6, 6.07) is 9.28. The number of nitrogens with one attached hydrogen (secondary N) is 1. The number of nitriles is 1. The Morgan fingerprint density at radius 1 is 1.53 bits per heavy atom. The third-order valence-electron chi connectivity index (χ3n) is 2.37. The molecule has 1 aliphatic heterocycles. The summed E-state index contributed by atoms with van der Waals surface area (Å²) in [7, 11) is 1.22. The van der Waals surface area contributed by atoms with Crippen LogP contribution < -0.4 is 5.32 Å². The Kier molecular flexibility index (Phi) is 2.97. The molecule has 0 saturated heterocycles. The molecule has 1 heterocycles. The highest BCUT2D eigenvalue weighted by Crippen LogP contribution is 2.25. The smallest absolute Gasteiger partial charge is 0.354 e. The van der Waals surface area contributed by atoms with E-state index in [0.717, 1.165) is 11.3 Å². The second-order valence-corrected chi connectivity index (χ2v) is 3.38. The first-order valence-corrected chi connectivity index (χ1v) is 4.96. The lowest BCUT2D eigenvalue weighted by Crippen LogP contribution is -2.18. The van der Waals surface area contributed by atoms with Crippen molar-refractivity contribution in [2.75, 3.05) is 12.4 Å². The highest BCUT2D eigenvalue weighted by Gasteiger charge is 2.21. The average Bonchev–Trinajstić information content (AvgIpc) is 2.39. The van der Waals surface area contributed by atoms with Gasteiger partial charge in [-0.2, -0.15) is 5.26 Å². The molecule has 0 amide bonds. The Morgan fingerprint density at radius 2 is 2.29 bits per heavy atom. The Balaban J connectivity index is 2.36. The van der Waals surface area contributed by atoms with Gasteiger partial charge in [-0.05, 0) is 6.07 Å². The molecule has 0 bridgehead atoms. The lowest BCUT2D eigenvalue weighted by molar-refractivity contribution is -0.135. The zero-order chi connectivity index (χ0) is 12.3. The van der Waals surface area contributed by atoms with Crippen LogP contribution in [0.15, 0.2) is 35.7 Å². The Morgan fingerprint density at radius 3 is 3.00 bits per heavy atom. The van der Waals surface area contributed by atoms with Crippen LogP contribution in [-0.2, 0) is 20.9 Å². The number of nitrogens with zero attached hydrogens (tertiary/aromatic N) is 1. The molecule has 0 aliphatic carbocycles. The Hall–Kier alpha value is -2.48. The summed E-state index contributed by atoms with van der Waals surface area (Å²) in [5.41, 5.74) is 1.63. The van der Waals surface area contributed by atoms with E-state index in [0.29, 0.717) is 6.61 Å². The minimum atomic E-state index is -0.714. The van der Waals surface area contributed by atoms with Gasteiger partial charge in [-0.3, -0.25) is 0 Å². The van der Waals surface area contributed by atoms with Crippen LogP contribution in [0.25, 0.3) is 0 Å². The van der Waals surface area contributed by atoms with E-state index in [4.69, 9.17) is 10.00 Å². The highest BCUT2D eigenvalue weighted by atomic mass is 16.5. The first-order chi connectivity index (χ1) is 8.26. The molecule has 0 spiro atoms. The van der Waals surface area contributed by atoms with Crippen molar-refractivity contribution in [3.63, 3.8) is 0 Å². The van der Waals surface area contributed by atoms with Crippen molar-refractivity contribution in [3.05, 3.63) is 41.3 Å². The summed E-state index contributed by atoms with van der Waals surface area (Å²) in [5.74, 6) is -0.576. The SMILES string of the molecule is COC(=O)/C(C#N)=C1/Nc2ccccc2CO1. The molecule has 2 rings (SSSR count). The third-order valence-corrected chi connectivity index (χ3v) is 2.37. The van der Waals surface area contributed by atoms with Crippen molar-refractivity contribution in [2.24, 2.45) is 0 Å². The summed E-state index contributed by atoms with van der Waals surface area (Å²) < 4.78 is 9.83. The molecule has 86 valence electrons. The summed E-state index contributed by atoms with van der Waals surface area (Å²) >= 11 is 0. The quantitative estimate of drug-likeness (QED) is 0.450. The number of ether oxygens (including phenoxy) is 2. The number of hydrogen-bond donors (Lipinski definition) is 1. The van der Waals surface area contributed by atoms with E-state index >= 15 is 0 Å². The molecule has 1 aromatic carbocycles. The zero-order valence-corrected chi connectivity index (χ0v) is 9.19. The van der Waals surface area contributed by atoms with Crippen LogP contribution in [0.4, 0.5) is 5.69 Å². The number of fused-ring (bicyclic) bond motifs is 1. The molecular formula is C12H10N2O3. The van der Waals surface area contributed by atoms with Crippen molar-refractivity contribution in [1.82, 2.24) is 0 Å². The van der Waals surface area contributed by atoms with E-state index in [1.165, 1.54) is 7.11 Å². The first-order valence-electron chi connectivity index (χ1n) is 4.96. The molecule has 1 aliphatic rings. The molecule has 0 aromatic heterocycles. The highest BCUT2D eigenvalue weighted by molar-refractivity contribution is 5.93. The third kappa shape index (κ3) is 2.06. The standard InChI is InChI=1S/C12H10N2O3/c1-16-12(15)9(6-13)11-14-10-5-3-2-4-8(10)7-17-11/h2-5,14H,7H2,1H3/b11-9-. The second-order valence-electron chi connectivity index (χ2n) is 3.38. The second kappa shape index (κ2) is 4.58. The van der Waals surface area contributed by atoms with Gasteiger partial charge >= 0.3 is 5.97 Å². The monoisotopic (exact) mass is 230 g/mol. The normalized spacial score (nSPS) is 15.8. The number of anilines is 1. The van der Waals surface area contributed by atoms with Crippen LogP contribution in [0.2, 0.25) is 0 Å². The van der Waals surface area contributed by atoms with Crippen LogP contribution in [0, 0.1) is 11.3 Å². The number of carbonyl (C=O) groups is 1. The number of hydrogen-bond acceptors (Lipinski definition) is 5. The average molecular weight is 230 g/mol. The fourth-order valence-corrected chi connectivity index (χ4v) is 1.50. The van der Waals surface area contributed by atoms with Gasteiger partial charge < -0.3 is 14.8 Å². The van der Waals surface area contributed by atoms with Gasteiger partial charge in [0.15, 0.2) is 5.57 Å².